The van der Waals surface area contributed by atoms with Crippen molar-refractivity contribution in [3.8, 4) is 0 Å². The minimum atomic E-state index is -0.904. The van der Waals surface area contributed by atoms with Crippen molar-refractivity contribution in [3.63, 3.8) is 0 Å². The largest absolute Gasteiger partial charge is 3.00 e. The third kappa shape index (κ3) is 77.4. The predicted octanol–water partition coefficient (Wildman–Crippen LogP) is 14.6. The molecule has 0 atom stereocenters. The van der Waals surface area contributed by atoms with Gasteiger partial charge in [-0.05, 0) is 56.3 Å². The van der Waals surface area contributed by atoms with Crippen LogP contribution in [0.3, 0.4) is 0 Å². The van der Waals surface area contributed by atoms with Crippen molar-refractivity contribution in [3.05, 3.63) is 0 Å². The van der Waals surface area contributed by atoms with E-state index in [1.165, 1.54) is 212 Å². The van der Waals surface area contributed by atoms with Crippen molar-refractivity contribution in [2.75, 3.05) is 0 Å². The van der Waals surface area contributed by atoms with Crippen molar-refractivity contribution >= 4 is 17.9 Å². The molecule has 365 valence electrons. The molecule has 0 aliphatic rings. The van der Waals surface area contributed by atoms with E-state index < -0.39 is 17.9 Å². The summed E-state index contributed by atoms with van der Waals surface area (Å²) < 4.78 is 0. The normalized spacial score (nSPS) is 11.0. The monoisotopic (exact) mass is 1010 g/mol. The number of carboxylic acids is 3. The average Bonchev–Trinajstić information content (AvgIpc) is 3.18. The molecule has 0 aromatic rings. The first-order chi connectivity index (χ1) is 28.9. The summed E-state index contributed by atoms with van der Waals surface area (Å²) in [4.78, 5) is 30.7. The Balaban J connectivity index is -0.000000396. The summed E-state index contributed by atoms with van der Waals surface area (Å²) in [6.07, 6.45) is 51.0. The van der Waals surface area contributed by atoms with Crippen molar-refractivity contribution in [2.45, 2.75) is 311 Å². The zero-order chi connectivity index (χ0) is 45.2. The number of aliphatic carboxylic acids is 3. The molecule has 0 spiro atoms. The van der Waals surface area contributed by atoms with Crippen LogP contribution in [0, 0.1) is 57.7 Å². The quantitative estimate of drug-likeness (QED) is 0.0560. The molecule has 61 heavy (non-hydrogen) atoms. The molecule has 0 aromatic carbocycles. The third-order valence-electron chi connectivity index (χ3n) is 11.7. The standard InChI is InChI=1S/3C18H36O2.Gd/c3*1-17(2)15-13-11-9-7-5-3-4-6-8-10-12-14-16-18(19)20;/h3*17H,3-16H2,1-2H3,(H,19,20);/q;;;+3/p-3. The minimum Gasteiger partial charge on any atom is -0.550 e. The maximum atomic E-state index is 10.2. The Morgan fingerprint density at radius 1 is 0.246 bits per heavy atom. The summed E-state index contributed by atoms with van der Waals surface area (Å²) in [6.45, 7) is 13.8. The Morgan fingerprint density at radius 3 is 0.475 bits per heavy atom. The molecule has 0 heterocycles. The van der Waals surface area contributed by atoms with Crippen LogP contribution in [0.25, 0.3) is 0 Å². The molecule has 6 nitrogen and oxygen atoms in total. The summed E-state index contributed by atoms with van der Waals surface area (Å²) in [6, 6.07) is 0. The minimum absolute atomic E-state index is 0. The molecule has 0 amide bonds. The summed E-state index contributed by atoms with van der Waals surface area (Å²) in [5, 5.41) is 30.7. The fourth-order valence-electron chi connectivity index (χ4n) is 7.77. The van der Waals surface area contributed by atoms with Gasteiger partial charge in [-0.2, -0.15) is 0 Å². The van der Waals surface area contributed by atoms with E-state index in [-0.39, 0.29) is 59.2 Å². The van der Waals surface area contributed by atoms with E-state index in [1.807, 2.05) is 0 Å². The molecular formula is C54H105GdO6. The van der Waals surface area contributed by atoms with Gasteiger partial charge in [0.25, 0.3) is 0 Å². The van der Waals surface area contributed by atoms with E-state index in [2.05, 4.69) is 41.5 Å². The Labute approximate surface area is 413 Å². The van der Waals surface area contributed by atoms with Gasteiger partial charge in [0.15, 0.2) is 0 Å². The maximum absolute atomic E-state index is 10.2. The molecule has 0 unspecified atom stereocenters. The number of rotatable bonds is 45. The van der Waals surface area contributed by atoms with E-state index in [0.29, 0.717) is 0 Å². The van der Waals surface area contributed by atoms with E-state index in [1.54, 1.807) is 0 Å². The van der Waals surface area contributed by atoms with Gasteiger partial charge in [-0.25, -0.2) is 0 Å². The van der Waals surface area contributed by atoms with Gasteiger partial charge in [-0.15, -0.1) is 0 Å². The molecule has 0 saturated heterocycles. The fraction of sp³-hybridized carbons (Fsp3) is 0.944. The zero-order valence-corrected chi connectivity index (χ0v) is 44.0. The van der Waals surface area contributed by atoms with Gasteiger partial charge in [-0.3, -0.25) is 0 Å². The molecule has 0 bridgehead atoms. The SMILES string of the molecule is CC(C)CCCCCCCCCCCCCCC(=O)[O-].CC(C)CCCCCCCCCCCCCCC(=O)[O-].CC(C)CCCCCCCCCCCCCCC(=O)[O-].[Gd+3]. The molecule has 0 N–H and O–H groups in total. The van der Waals surface area contributed by atoms with E-state index in [4.69, 9.17) is 0 Å². The number of carboxylic acid groups (broad SMARTS) is 3. The van der Waals surface area contributed by atoms with Crippen molar-refractivity contribution in [2.24, 2.45) is 17.8 Å². The van der Waals surface area contributed by atoms with Gasteiger partial charge in [0.2, 0.25) is 0 Å². The number of hydrogen-bond donors (Lipinski definition) is 0. The predicted molar refractivity (Wildman–Crippen MR) is 253 cm³/mol. The van der Waals surface area contributed by atoms with Gasteiger partial charge in [0.05, 0.1) is 0 Å². The molecule has 0 saturated carbocycles. The Hall–Kier alpha value is -0.265. The summed E-state index contributed by atoms with van der Waals surface area (Å²) in [7, 11) is 0. The average molecular weight is 1010 g/mol. The fourth-order valence-corrected chi connectivity index (χ4v) is 7.77. The van der Waals surface area contributed by atoms with Crippen molar-refractivity contribution in [1.29, 1.82) is 0 Å². The second-order valence-corrected chi connectivity index (χ2v) is 19.6. The zero-order valence-electron chi connectivity index (χ0n) is 41.7. The molecule has 0 aliphatic carbocycles. The second-order valence-electron chi connectivity index (χ2n) is 19.6. The van der Waals surface area contributed by atoms with Crippen LogP contribution in [0.5, 0.6) is 0 Å². The molecule has 0 aromatic heterocycles. The molecule has 1 radical (unpaired) electrons. The third-order valence-corrected chi connectivity index (χ3v) is 11.7. The first-order valence-corrected chi connectivity index (χ1v) is 26.5. The first-order valence-electron chi connectivity index (χ1n) is 26.5. The molecular weight excluding hydrogens is 902 g/mol. The number of carbonyl (C=O) groups excluding carboxylic acids is 3. The van der Waals surface area contributed by atoms with Crippen molar-refractivity contribution in [1.82, 2.24) is 0 Å². The van der Waals surface area contributed by atoms with Gasteiger partial charge in [-0.1, -0.05) is 273 Å². The maximum Gasteiger partial charge on any atom is 3.00 e. The van der Waals surface area contributed by atoms with E-state index in [0.717, 1.165) is 56.3 Å². The van der Waals surface area contributed by atoms with Crippen LogP contribution in [0.1, 0.15) is 311 Å². The van der Waals surface area contributed by atoms with E-state index in [9.17, 15) is 29.7 Å². The molecule has 0 aliphatic heterocycles. The van der Waals surface area contributed by atoms with Crippen LogP contribution < -0.4 is 15.3 Å². The summed E-state index contributed by atoms with van der Waals surface area (Å²) in [5.41, 5.74) is 0. The molecule has 0 fully saturated rings. The smallest absolute Gasteiger partial charge is 0.550 e. The molecule has 7 heteroatoms. The molecule has 0 rings (SSSR count). The van der Waals surface area contributed by atoms with Gasteiger partial charge in [0.1, 0.15) is 0 Å². The number of unbranched alkanes of at least 4 members (excludes halogenated alkanes) is 33. The van der Waals surface area contributed by atoms with Gasteiger partial charge < -0.3 is 29.7 Å². The summed E-state index contributed by atoms with van der Waals surface area (Å²) >= 11 is 0. The Bertz CT molecular complexity index is 751. The number of hydrogen-bond acceptors (Lipinski definition) is 6. The van der Waals surface area contributed by atoms with Crippen LogP contribution in [0.2, 0.25) is 0 Å². The van der Waals surface area contributed by atoms with Crippen LogP contribution in [-0.4, -0.2) is 17.9 Å². The van der Waals surface area contributed by atoms with Crippen LogP contribution in [0.15, 0.2) is 0 Å². The Morgan fingerprint density at radius 2 is 0.361 bits per heavy atom. The number of carbonyl (C=O) groups is 3. The Kier molecular flexibility index (Phi) is 63.7. The van der Waals surface area contributed by atoms with Gasteiger partial charge >= 0.3 is 39.9 Å². The van der Waals surface area contributed by atoms with Crippen LogP contribution in [-0.2, 0) is 14.4 Å². The first kappa shape index (κ1) is 67.3. The van der Waals surface area contributed by atoms with Crippen LogP contribution >= 0.6 is 0 Å². The van der Waals surface area contributed by atoms with Crippen LogP contribution in [0.4, 0.5) is 0 Å². The summed E-state index contributed by atoms with van der Waals surface area (Å²) in [5.74, 6) is -0.125. The van der Waals surface area contributed by atoms with E-state index >= 15 is 0 Å². The van der Waals surface area contributed by atoms with Crippen molar-refractivity contribution < 1.29 is 69.6 Å². The second kappa shape index (κ2) is 57.8. The topological polar surface area (TPSA) is 120 Å². The van der Waals surface area contributed by atoms with Gasteiger partial charge in [0, 0.05) is 17.9 Å².